The lowest BCUT2D eigenvalue weighted by Gasteiger charge is -2.09. The Morgan fingerprint density at radius 3 is 3.00 bits per heavy atom. The highest BCUT2D eigenvalue weighted by molar-refractivity contribution is 5.75. The van der Waals surface area contributed by atoms with Crippen molar-refractivity contribution in [1.29, 1.82) is 0 Å². The van der Waals surface area contributed by atoms with Crippen molar-refractivity contribution in [3.05, 3.63) is 0 Å². The van der Waals surface area contributed by atoms with E-state index in [9.17, 15) is 4.79 Å². The number of ether oxygens (including phenoxy) is 1. The Labute approximate surface area is 91.8 Å². The van der Waals surface area contributed by atoms with Gasteiger partial charge in [-0.15, -0.1) is 0 Å². The van der Waals surface area contributed by atoms with Crippen LogP contribution in [0.1, 0.15) is 32.6 Å². The Kier molecular flexibility index (Phi) is 6.36. The molecule has 0 saturated carbocycles. The van der Waals surface area contributed by atoms with Gasteiger partial charge in [0.25, 0.3) is 0 Å². The predicted octanol–water partition coefficient (Wildman–Crippen LogP) is 0.671. The van der Waals surface area contributed by atoms with Crippen molar-refractivity contribution in [2.24, 2.45) is 0 Å². The Bertz CT molecular complexity index is 179. The maximum atomic E-state index is 11.4. The number of carbonyl (C=O) groups is 1. The molecule has 0 aliphatic carbocycles. The molecular formula is C11H22N2O2. The molecular weight excluding hydrogens is 192 g/mol. The number of amides is 1. The molecule has 1 amide bonds. The third-order valence-electron chi connectivity index (χ3n) is 2.59. The molecule has 0 aromatic heterocycles. The molecule has 15 heavy (non-hydrogen) atoms. The monoisotopic (exact) mass is 214 g/mol. The summed E-state index contributed by atoms with van der Waals surface area (Å²) in [7, 11) is 0. The highest BCUT2D eigenvalue weighted by Gasteiger charge is 2.16. The van der Waals surface area contributed by atoms with E-state index in [1.54, 1.807) is 0 Å². The van der Waals surface area contributed by atoms with Gasteiger partial charge in [-0.1, -0.05) is 6.92 Å². The summed E-state index contributed by atoms with van der Waals surface area (Å²) in [4.78, 5) is 11.4. The van der Waals surface area contributed by atoms with Crippen LogP contribution in [0.3, 0.4) is 0 Å². The summed E-state index contributed by atoms with van der Waals surface area (Å²) in [5.41, 5.74) is 0. The first kappa shape index (κ1) is 12.5. The van der Waals surface area contributed by atoms with E-state index in [4.69, 9.17) is 4.74 Å². The highest BCUT2D eigenvalue weighted by atomic mass is 16.5. The molecule has 1 heterocycles. The van der Waals surface area contributed by atoms with E-state index in [2.05, 4.69) is 17.6 Å². The fourth-order valence-corrected chi connectivity index (χ4v) is 1.72. The van der Waals surface area contributed by atoms with Gasteiger partial charge in [-0.25, -0.2) is 0 Å². The molecule has 4 heteroatoms. The summed E-state index contributed by atoms with van der Waals surface area (Å²) in [6.45, 7) is 5.44. The van der Waals surface area contributed by atoms with Crippen LogP contribution < -0.4 is 10.6 Å². The van der Waals surface area contributed by atoms with Gasteiger partial charge in [-0.3, -0.25) is 4.79 Å². The van der Waals surface area contributed by atoms with Crippen LogP contribution >= 0.6 is 0 Å². The Morgan fingerprint density at radius 1 is 1.47 bits per heavy atom. The van der Waals surface area contributed by atoms with Crippen LogP contribution in [0.2, 0.25) is 0 Å². The van der Waals surface area contributed by atoms with E-state index in [-0.39, 0.29) is 5.91 Å². The van der Waals surface area contributed by atoms with Crippen molar-refractivity contribution >= 4 is 5.91 Å². The maximum Gasteiger partial charge on any atom is 0.220 e. The van der Waals surface area contributed by atoms with Crippen molar-refractivity contribution in [2.75, 3.05) is 26.2 Å². The minimum Gasteiger partial charge on any atom is -0.378 e. The topological polar surface area (TPSA) is 50.4 Å². The van der Waals surface area contributed by atoms with E-state index in [1.165, 1.54) is 0 Å². The molecule has 0 radical (unpaired) electrons. The molecule has 1 rings (SSSR count). The molecule has 2 N–H and O–H groups in total. The van der Waals surface area contributed by atoms with E-state index >= 15 is 0 Å². The number of rotatable bonds is 7. The van der Waals surface area contributed by atoms with Crippen LogP contribution in [0.15, 0.2) is 0 Å². The number of likely N-dealkylation sites (N-methyl/N-ethyl adjacent to an activating group) is 1. The Balaban J connectivity index is 1.93. The molecule has 0 aromatic carbocycles. The number of nitrogens with one attached hydrogen (secondary N) is 2. The largest absolute Gasteiger partial charge is 0.378 e. The molecule has 1 aliphatic rings. The van der Waals surface area contributed by atoms with Gasteiger partial charge in [0.15, 0.2) is 0 Å². The third kappa shape index (κ3) is 5.74. The summed E-state index contributed by atoms with van der Waals surface area (Å²) in [6, 6.07) is 0. The molecule has 88 valence electrons. The molecule has 1 fully saturated rings. The molecule has 0 bridgehead atoms. The lowest BCUT2D eigenvalue weighted by atomic mass is 10.1. The van der Waals surface area contributed by atoms with E-state index in [0.29, 0.717) is 12.5 Å². The highest BCUT2D eigenvalue weighted by Crippen LogP contribution is 2.16. The van der Waals surface area contributed by atoms with Gasteiger partial charge in [0.1, 0.15) is 0 Å². The second kappa shape index (κ2) is 7.65. The quantitative estimate of drug-likeness (QED) is 0.612. The van der Waals surface area contributed by atoms with Crippen LogP contribution in [0.5, 0.6) is 0 Å². The van der Waals surface area contributed by atoms with Gasteiger partial charge in [0.2, 0.25) is 5.91 Å². The average molecular weight is 214 g/mol. The van der Waals surface area contributed by atoms with E-state index in [0.717, 1.165) is 45.5 Å². The summed E-state index contributed by atoms with van der Waals surface area (Å²) >= 11 is 0. The average Bonchev–Trinajstić information content (AvgIpc) is 2.74. The Morgan fingerprint density at radius 2 is 2.33 bits per heavy atom. The summed E-state index contributed by atoms with van der Waals surface area (Å²) in [6.07, 6.45) is 4.05. The van der Waals surface area contributed by atoms with E-state index < -0.39 is 0 Å². The third-order valence-corrected chi connectivity index (χ3v) is 2.59. The van der Waals surface area contributed by atoms with E-state index in [1.807, 2.05) is 0 Å². The minimum atomic E-state index is 0.142. The minimum absolute atomic E-state index is 0.142. The summed E-state index contributed by atoms with van der Waals surface area (Å²) < 4.78 is 5.45. The fourth-order valence-electron chi connectivity index (χ4n) is 1.72. The van der Waals surface area contributed by atoms with Gasteiger partial charge >= 0.3 is 0 Å². The van der Waals surface area contributed by atoms with Gasteiger partial charge in [0.05, 0.1) is 6.10 Å². The van der Waals surface area contributed by atoms with Crippen molar-refractivity contribution in [1.82, 2.24) is 10.6 Å². The van der Waals surface area contributed by atoms with Gasteiger partial charge in [-0.05, 0) is 25.8 Å². The molecule has 1 aliphatic heterocycles. The lowest BCUT2D eigenvalue weighted by Crippen LogP contribution is -2.32. The smallest absolute Gasteiger partial charge is 0.220 e. The van der Waals surface area contributed by atoms with Crippen LogP contribution in [0.25, 0.3) is 0 Å². The number of hydrogen-bond acceptors (Lipinski definition) is 3. The second-order valence-corrected chi connectivity index (χ2v) is 3.88. The molecule has 0 spiro atoms. The van der Waals surface area contributed by atoms with Crippen molar-refractivity contribution < 1.29 is 9.53 Å². The normalized spacial score (nSPS) is 20.5. The Hall–Kier alpha value is -0.610. The van der Waals surface area contributed by atoms with Crippen LogP contribution in [0.4, 0.5) is 0 Å². The van der Waals surface area contributed by atoms with Gasteiger partial charge in [-0.2, -0.15) is 0 Å². The maximum absolute atomic E-state index is 11.4. The first-order chi connectivity index (χ1) is 7.33. The summed E-state index contributed by atoms with van der Waals surface area (Å²) in [5.74, 6) is 0.142. The number of carbonyl (C=O) groups excluding carboxylic acids is 1. The van der Waals surface area contributed by atoms with Crippen LogP contribution in [0, 0.1) is 0 Å². The standard InChI is InChI=1S/C11H22N2O2/c1-2-12-7-8-13-11(14)6-5-10-4-3-9-15-10/h10,12H,2-9H2,1H3,(H,13,14). The predicted molar refractivity (Wildman–Crippen MR) is 59.8 cm³/mol. The zero-order valence-corrected chi connectivity index (χ0v) is 9.55. The lowest BCUT2D eigenvalue weighted by molar-refractivity contribution is -0.121. The summed E-state index contributed by atoms with van der Waals surface area (Å²) in [5, 5.41) is 6.05. The van der Waals surface area contributed by atoms with Gasteiger partial charge < -0.3 is 15.4 Å². The molecule has 1 saturated heterocycles. The van der Waals surface area contributed by atoms with Crippen molar-refractivity contribution in [3.63, 3.8) is 0 Å². The first-order valence-electron chi connectivity index (χ1n) is 5.92. The number of hydrogen-bond donors (Lipinski definition) is 2. The fraction of sp³-hybridized carbons (Fsp3) is 0.909. The van der Waals surface area contributed by atoms with Crippen molar-refractivity contribution in [3.8, 4) is 0 Å². The van der Waals surface area contributed by atoms with Crippen LogP contribution in [-0.4, -0.2) is 38.3 Å². The van der Waals surface area contributed by atoms with Crippen molar-refractivity contribution in [2.45, 2.75) is 38.7 Å². The first-order valence-corrected chi connectivity index (χ1v) is 5.92. The zero-order valence-electron chi connectivity index (χ0n) is 9.55. The molecule has 1 unspecified atom stereocenters. The van der Waals surface area contributed by atoms with Gasteiger partial charge in [0, 0.05) is 26.1 Å². The molecule has 0 aromatic rings. The second-order valence-electron chi connectivity index (χ2n) is 3.88. The SMILES string of the molecule is CCNCCNC(=O)CCC1CCCO1. The zero-order chi connectivity index (χ0) is 10.9. The van der Waals surface area contributed by atoms with Crippen LogP contribution in [-0.2, 0) is 9.53 Å². The molecule has 4 nitrogen and oxygen atoms in total. The molecule has 1 atom stereocenters.